The van der Waals surface area contributed by atoms with Gasteiger partial charge in [0.1, 0.15) is 0 Å². The molecule has 0 spiro atoms. The van der Waals surface area contributed by atoms with Gasteiger partial charge in [-0.2, -0.15) is 0 Å². The molecule has 2 rings (SSSR count). The van der Waals surface area contributed by atoms with Gasteiger partial charge >= 0.3 is 0 Å². The molecule has 114 valence electrons. The molecule has 2 aromatic carbocycles. The smallest absolute Gasteiger partial charge is 0.250 e. The number of para-hydroxylation sites is 1. The lowest BCUT2D eigenvalue weighted by Crippen LogP contribution is -2.18. The van der Waals surface area contributed by atoms with Gasteiger partial charge < -0.3 is 11.1 Å². The van der Waals surface area contributed by atoms with Gasteiger partial charge in [0.25, 0.3) is 5.91 Å². The quantitative estimate of drug-likeness (QED) is 0.793. The van der Waals surface area contributed by atoms with Crippen LogP contribution in [0.4, 0.5) is 5.69 Å². The molecule has 0 atom stereocenters. The number of primary amides is 1. The van der Waals surface area contributed by atoms with E-state index in [1.165, 1.54) is 11.8 Å². The van der Waals surface area contributed by atoms with Crippen LogP contribution < -0.4 is 11.1 Å². The Balaban J connectivity index is 1.89. The highest BCUT2D eigenvalue weighted by Crippen LogP contribution is 2.27. The van der Waals surface area contributed by atoms with Crippen LogP contribution in [-0.2, 0) is 4.79 Å². The van der Waals surface area contributed by atoms with Crippen LogP contribution in [0.25, 0.3) is 0 Å². The average Bonchev–Trinajstić information content (AvgIpc) is 2.49. The van der Waals surface area contributed by atoms with E-state index < -0.39 is 5.91 Å². The molecule has 3 N–H and O–H groups in total. The number of nitrogens with two attached hydrogens (primary N) is 1. The molecule has 0 unspecified atom stereocenters. The number of anilines is 1. The zero-order chi connectivity index (χ0) is 15.9. The molecule has 0 radical (unpaired) electrons. The van der Waals surface area contributed by atoms with Crippen molar-refractivity contribution in [1.29, 1.82) is 0 Å². The molecule has 0 aliphatic heterocycles. The summed E-state index contributed by atoms with van der Waals surface area (Å²) in [6.45, 7) is 0. The largest absolute Gasteiger partial charge is 0.366 e. The van der Waals surface area contributed by atoms with Gasteiger partial charge in [-0.15, -0.1) is 11.8 Å². The van der Waals surface area contributed by atoms with Crippen molar-refractivity contribution in [1.82, 2.24) is 0 Å². The van der Waals surface area contributed by atoms with Crippen molar-refractivity contribution in [3.05, 3.63) is 59.1 Å². The molecule has 22 heavy (non-hydrogen) atoms. The number of carbonyl (C=O) groups is 2. The fourth-order valence-corrected chi connectivity index (χ4v) is 3.02. The molecule has 0 aliphatic carbocycles. The second-order valence-electron chi connectivity index (χ2n) is 4.49. The maximum atomic E-state index is 12.0. The highest BCUT2D eigenvalue weighted by molar-refractivity contribution is 7.99. The molecule has 0 saturated carbocycles. The Labute approximate surface area is 138 Å². The number of hydrogen-bond acceptors (Lipinski definition) is 3. The van der Waals surface area contributed by atoms with E-state index in [2.05, 4.69) is 5.32 Å². The van der Waals surface area contributed by atoms with Crippen LogP contribution in [0.3, 0.4) is 0 Å². The third-order valence-electron chi connectivity index (χ3n) is 2.89. The number of amides is 2. The fourth-order valence-electron chi connectivity index (χ4n) is 1.84. The van der Waals surface area contributed by atoms with E-state index in [0.717, 1.165) is 4.90 Å². The molecule has 0 fully saturated rings. The molecule has 0 aromatic heterocycles. The van der Waals surface area contributed by atoms with E-state index in [4.69, 9.17) is 17.3 Å². The van der Waals surface area contributed by atoms with Gasteiger partial charge in [0.15, 0.2) is 0 Å². The topological polar surface area (TPSA) is 72.2 Å². The van der Waals surface area contributed by atoms with Crippen LogP contribution >= 0.6 is 23.4 Å². The zero-order valence-electron chi connectivity index (χ0n) is 11.7. The maximum absolute atomic E-state index is 12.0. The highest BCUT2D eigenvalue weighted by atomic mass is 35.5. The Kier molecular flexibility index (Phi) is 5.86. The summed E-state index contributed by atoms with van der Waals surface area (Å²) < 4.78 is 0. The maximum Gasteiger partial charge on any atom is 0.250 e. The van der Waals surface area contributed by atoms with Gasteiger partial charge in [-0.25, -0.2) is 0 Å². The SMILES string of the molecule is NC(=O)c1ccccc1NC(=O)CCSc1ccccc1Cl. The van der Waals surface area contributed by atoms with E-state index in [-0.39, 0.29) is 5.91 Å². The summed E-state index contributed by atoms with van der Waals surface area (Å²) >= 11 is 7.56. The lowest BCUT2D eigenvalue weighted by atomic mass is 10.1. The molecule has 0 saturated heterocycles. The monoisotopic (exact) mass is 334 g/mol. The molecular formula is C16H15ClN2O2S. The van der Waals surface area contributed by atoms with E-state index in [1.807, 2.05) is 24.3 Å². The summed E-state index contributed by atoms with van der Waals surface area (Å²) in [5.41, 5.74) is 6.01. The Bertz CT molecular complexity index is 691. The average molecular weight is 335 g/mol. The first-order valence-corrected chi connectivity index (χ1v) is 8.00. The molecular weight excluding hydrogens is 320 g/mol. The lowest BCUT2D eigenvalue weighted by Gasteiger charge is -2.09. The van der Waals surface area contributed by atoms with E-state index in [9.17, 15) is 9.59 Å². The first kappa shape index (κ1) is 16.4. The molecule has 0 aliphatic rings. The number of carbonyl (C=O) groups excluding carboxylic acids is 2. The summed E-state index contributed by atoms with van der Waals surface area (Å²) in [4.78, 5) is 24.2. The van der Waals surface area contributed by atoms with Crippen LogP contribution in [0.15, 0.2) is 53.4 Å². The van der Waals surface area contributed by atoms with Crippen molar-refractivity contribution in [2.24, 2.45) is 5.73 Å². The third kappa shape index (κ3) is 4.51. The van der Waals surface area contributed by atoms with Crippen LogP contribution in [0.1, 0.15) is 16.8 Å². The number of thioether (sulfide) groups is 1. The first-order valence-electron chi connectivity index (χ1n) is 6.64. The van der Waals surface area contributed by atoms with Crippen molar-refractivity contribution in [2.45, 2.75) is 11.3 Å². The normalized spacial score (nSPS) is 10.2. The molecule has 2 amide bonds. The van der Waals surface area contributed by atoms with E-state index >= 15 is 0 Å². The van der Waals surface area contributed by atoms with Gasteiger partial charge in [-0.05, 0) is 24.3 Å². The predicted molar refractivity (Wildman–Crippen MR) is 90.4 cm³/mol. The second kappa shape index (κ2) is 7.87. The minimum atomic E-state index is -0.568. The number of halogens is 1. The molecule has 4 nitrogen and oxygen atoms in total. The predicted octanol–water partition coefficient (Wildman–Crippen LogP) is 3.56. The molecule has 6 heteroatoms. The zero-order valence-corrected chi connectivity index (χ0v) is 13.3. The number of rotatable bonds is 6. The fraction of sp³-hybridized carbons (Fsp3) is 0.125. The summed E-state index contributed by atoms with van der Waals surface area (Å²) in [5, 5.41) is 3.38. The van der Waals surface area contributed by atoms with Crippen molar-refractivity contribution < 1.29 is 9.59 Å². The van der Waals surface area contributed by atoms with Crippen molar-refractivity contribution in [2.75, 3.05) is 11.1 Å². The minimum Gasteiger partial charge on any atom is -0.366 e. The van der Waals surface area contributed by atoms with Crippen molar-refractivity contribution in [3.8, 4) is 0 Å². The summed E-state index contributed by atoms with van der Waals surface area (Å²) in [5.74, 6) is -0.150. The van der Waals surface area contributed by atoms with Gasteiger partial charge in [-0.3, -0.25) is 9.59 Å². The standard InChI is InChI=1S/C16H15ClN2O2S/c17-12-6-2-4-8-14(12)22-10-9-15(20)19-13-7-3-1-5-11(13)16(18)21/h1-8H,9-10H2,(H2,18,21)(H,19,20). The summed E-state index contributed by atoms with van der Waals surface area (Å²) in [6, 6.07) is 14.1. The Morgan fingerprint density at radius 1 is 1.09 bits per heavy atom. The molecule has 2 aromatic rings. The van der Waals surface area contributed by atoms with E-state index in [1.54, 1.807) is 24.3 Å². The Morgan fingerprint density at radius 2 is 1.77 bits per heavy atom. The number of nitrogens with one attached hydrogen (secondary N) is 1. The lowest BCUT2D eigenvalue weighted by molar-refractivity contribution is -0.115. The molecule has 0 heterocycles. The number of benzene rings is 2. The van der Waals surface area contributed by atoms with Crippen molar-refractivity contribution in [3.63, 3.8) is 0 Å². The summed E-state index contributed by atoms with van der Waals surface area (Å²) in [7, 11) is 0. The van der Waals surface area contributed by atoms with Crippen LogP contribution in [-0.4, -0.2) is 17.6 Å². The third-order valence-corrected chi connectivity index (χ3v) is 4.41. The summed E-state index contributed by atoms with van der Waals surface area (Å²) in [6.07, 6.45) is 0.309. The Hall–Kier alpha value is -1.98. The van der Waals surface area contributed by atoms with Crippen LogP contribution in [0.2, 0.25) is 5.02 Å². The van der Waals surface area contributed by atoms with Gasteiger partial charge in [0, 0.05) is 17.1 Å². The first-order chi connectivity index (χ1) is 10.6. The Morgan fingerprint density at radius 3 is 2.50 bits per heavy atom. The van der Waals surface area contributed by atoms with Crippen LogP contribution in [0.5, 0.6) is 0 Å². The van der Waals surface area contributed by atoms with E-state index in [0.29, 0.717) is 28.4 Å². The molecule has 0 bridgehead atoms. The highest BCUT2D eigenvalue weighted by Gasteiger charge is 2.10. The van der Waals surface area contributed by atoms with Gasteiger partial charge in [0.05, 0.1) is 16.3 Å². The minimum absolute atomic E-state index is 0.173. The number of hydrogen-bond donors (Lipinski definition) is 2. The van der Waals surface area contributed by atoms with Crippen molar-refractivity contribution >= 4 is 40.9 Å². The second-order valence-corrected chi connectivity index (χ2v) is 6.03. The van der Waals surface area contributed by atoms with Crippen LogP contribution in [0, 0.1) is 0 Å². The van der Waals surface area contributed by atoms with Gasteiger partial charge in [0.2, 0.25) is 5.91 Å². The van der Waals surface area contributed by atoms with Gasteiger partial charge in [-0.1, -0.05) is 35.9 Å².